The van der Waals surface area contributed by atoms with Gasteiger partial charge in [0.05, 0.1) is 11.4 Å². The van der Waals surface area contributed by atoms with Gasteiger partial charge in [0.2, 0.25) is 0 Å². The van der Waals surface area contributed by atoms with Gasteiger partial charge in [0.1, 0.15) is 6.17 Å². The molecule has 2 heteroatoms. The Labute approximate surface area is 168 Å². The van der Waals surface area contributed by atoms with Gasteiger partial charge < -0.3 is 9.80 Å². The highest BCUT2D eigenvalue weighted by Gasteiger charge is 2.41. The summed E-state index contributed by atoms with van der Waals surface area (Å²) in [7, 11) is 0. The van der Waals surface area contributed by atoms with Gasteiger partial charge in [-0.3, -0.25) is 0 Å². The summed E-state index contributed by atoms with van der Waals surface area (Å²) in [6.45, 7) is 11.5. The molecule has 1 heterocycles. The Morgan fingerprint density at radius 3 is 2.25 bits per heavy atom. The number of benzene rings is 3. The molecule has 0 radical (unpaired) electrons. The predicted octanol–water partition coefficient (Wildman–Crippen LogP) is 6.67. The number of rotatable bonds is 1. The van der Waals surface area contributed by atoms with Crippen molar-refractivity contribution < 1.29 is 0 Å². The Morgan fingerprint density at radius 2 is 1.50 bits per heavy atom. The van der Waals surface area contributed by atoms with Crippen LogP contribution in [0.5, 0.6) is 0 Å². The molecule has 1 atom stereocenters. The zero-order valence-corrected chi connectivity index (χ0v) is 17.5. The van der Waals surface area contributed by atoms with Gasteiger partial charge in [-0.15, -0.1) is 0 Å². The van der Waals surface area contributed by atoms with Crippen LogP contribution in [0.2, 0.25) is 0 Å². The summed E-state index contributed by atoms with van der Waals surface area (Å²) in [5.41, 5.74) is 11.0. The molecule has 0 spiro atoms. The summed E-state index contributed by atoms with van der Waals surface area (Å²) in [6, 6.07) is 22.5. The van der Waals surface area contributed by atoms with E-state index in [0.29, 0.717) is 0 Å². The van der Waals surface area contributed by atoms with Crippen LogP contribution in [0.25, 0.3) is 11.1 Å². The van der Waals surface area contributed by atoms with E-state index in [1.54, 1.807) is 0 Å². The van der Waals surface area contributed by atoms with Gasteiger partial charge in [0.25, 0.3) is 0 Å². The molecule has 28 heavy (non-hydrogen) atoms. The fourth-order valence-corrected chi connectivity index (χ4v) is 5.15. The van der Waals surface area contributed by atoms with E-state index < -0.39 is 0 Å². The molecule has 1 aliphatic carbocycles. The van der Waals surface area contributed by atoms with E-state index in [0.717, 1.165) is 6.42 Å². The van der Waals surface area contributed by atoms with E-state index in [9.17, 15) is 0 Å². The maximum absolute atomic E-state index is 2.58. The third-order valence-electron chi connectivity index (χ3n) is 6.25. The summed E-state index contributed by atoms with van der Waals surface area (Å²) in [5, 5.41) is 0. The van der Waals surface area contributed by atoms with Crippen molar-refractivity contribution in [2.24, 2.45) is 0 Å². The maximum atomic E-state index is 2.58. The molecule has 0 saturated heterocycles. The number of aryl methyl sites for hydroxylation is 1. The van der Waals surface area contributed by atoms with Crippen LogP contribution in [0.4, 0.5) is 17.1 Å². The molecule has 0 bridgehead atoms. The highest BCUT2D eigenvalue weighted by molar-refractivity contribution is 5.92. The van der Waals surface area contributed by atoms with Crippen LogP contribution in [0.15, 0.2) is 60.7 Å². The molecule has 3 aromatic carbocycles. The van der Waals surface area contributed by atoms with E-state index in [1.165, 1.54) is 44.9 Å². The molecule has 0 amide bonds. The molecule has 0 fully saturated rings. The van der Waals surface area contributed by atoms with Crippen molar-refractivity contribution in [2.45, 2.75) is 52.7 Å². The fraction of sp³-hybridized carbons (Fsp3) is 0.308. The second-order valence-electron chi connectivity index (χ2n) is 9.16. The van der Waals surface area contributed by atoms with Gasteiger partial charge in [-0.2, -0.15) is 0 Å². The highest BCUT2D eigenvalue weighted by Crippen LogP contribution is 2.52. The molecule has 0 N–H and O–H groups in total. The Kier molecular flexibility index (Phi) is 3.64. The van der Waals surface area contributed by atoms with E-state index >= 15 is 0 Å². The molecular formula is C26H28N2. The first kappa shape index (κ1) is 17.4. The minimum absolute atomic E-state index is 0.0469. The average Bonchev–Trinajstić information content (AvgIpc) is 3.14. The topological polar surface area (TPSA) is 6.48 Å². The van der Waals surface area contributed by atoms with E-state index in [4.69, 9.17) is 0 Å². The van der Waals surface area contributed by atoms with Crippen LogP contribution in [-0.2, 0) is 6.42 Å². The predicted molar refractivity (Wildman–Crippen MR) is 120 cm³/mol. The largest absolute Gasteiger partial charge is 0.345 e. The lowest BCUT2D eigenvalue weighted by Crippen LogP contribution is -2.49. The zero-order valence-electron chi connectivity index (χ0n) is 17.5. The van der Waals surface area contributed by atoms with Gasteiger partial charge in [0.15, 0.2) is 0 Å². The number of anilines is 3. The highest BCUT2D eigenvalue weighted by atomic mass is 15.4. The monoisotopic (exact) mass is 368 g/mol. The molecule has 0 unspecified atom stereocenters. The van der Waals surface area contributed by atoms with E-state index in [1.807, 2.05) is 0 Å². The van der Waals surface area contributed by atoms with Gasteiger partial charge in [-0.25, -0.2) is 0 Å². The molecule has 2 aliphatic rings. The van der Waals surface area contributed by atoms with Crippen LogP contribution >= 0.6 is 0 Å². The normalized spacial score (nSPS) is 17.5. The molecule has 1 aliphatic heterocycles. The Morgan fingerprint density at radius 1 is 0.786 bits per heavy atom. The van der Waals surface area contributed by atoms with Gasteiger partial charge >= 0.3 is 0 Å². The van der Waals surface area contributed by atoms with Crippen molar-refractivity contribution in [3.8, 4) is 11.1 Å². The molecule has 2 nitrogen and oxygen atoms in total. The first-order valence-corrected chi connectivity index (χ1v) is 10.3. The van der Waals surface area contributed by atoms with Crippen LogP contribution in [0.1, 0.15) is 44.4 Å². The SMILES string of the molecule is Cc1ccccc1N1c2cc3c(cc2N(C(C)(C)C)[C@@H]1C)Cc1ccccc1-3. The van der Waals surface area contributed by atoms with Crippen LogP contribution in [0, 0.1) is 6.92 Å². The lowest BCUT2D eigenvalue weighted by molar-refractivity contribution is 0.468. The minimum Gasteiger partial charge on any atom is -0.345 e. The van der Waals surface area contributed by atoms with Crippen LogP contribution in [0.3, 0.4) is 0 Å². The van der Waals surface area contributed by atoms with E-state index in [2.05, 4.69) is 105 Å². The molecule has 5 rings (SSSR count). The van der Waals surface area contributed by atoms with Crippen molar-refractivity contribution in [1.82, 2.24) is 0 Å². The quantitative estimate of drug-likeness (QED) is 0.370. The van der Waals surface area contributed by atoms with E-state index in [-0.39, 0.29) is 11.7 Å². The van der Waals surface area contributed by atoms with Gasteiger partial charge in [0, 0.05) is 11.2 Å². The standard InChI is InChI=1S/C26H28N2/c1-17-10-6-9-13-23(17)27-18(2)28(26(3,4)5)25-15-20-14-19-11-7-8-12-21(19)22(20)16-24(25)27/h6-13,15-16,18H,14H2,1-5H3/t18-/m1/s1. The first-order valence-electron chi connectivity index (χ1n) is 10.3. The lowest BCUT2D eigenvalue weighted by atomic mass is 10.0. The smallest absolute Gasteiger partial charge is 0.104 e. The molecule has 0 saturated carbocycles. The summed E-state index contributed by atoms with van der Waals surface area (Å²) in [6.07, 6.45) is 1.31. The molecular weight excluding hydrogens is 340 g/mol. The van der Waals surface area contributed by atoms with Crippen molar-refractivity contribution in [3.05, 3.63) is 77.4 Å². The van der Waals surface area contributed by atoms with Crippen LogP contribution < -0.4 is 9.80 Å². The van der Waals surface area contributed by atoms with Crippen molar-refractivity contribution in [3.63, 3.8) is 0 Å². The Bertz CT molecular complexity index is 1070. The molecule has 3 aromatic rings. The van der Waals surface area contributed by atoms with Crippen molar-refractivity contribution in [1.29, 1.82) is 0 Å². The second-order valence-corrected chi connectivity index (χ2v) is 9.16. The number of para-hydroxylation sites is 1. The first-order chi connectivity index (χ1) is 13.4. The summed E-state index contributed by atoms with van der Waals surface area (Å²) in [4.78, 5) is 5.11. The third kappa shape index (κ3) is 2.40. The number of nitrogens with zero attached hydrogens (tertiary/aromatic N) is 2. The maximum Gasteiger partial charge on any atom is 0.104 e. The van der Waals surface area contributed by atoms with Crippen molar-refractivity contribution >= 4 is 17.1 Å². The third-order valence-corrected chi connectivity index (χ3v) is 6.25. The molecule has 142 valence electrons. The second kappa shape index (κ2) is 5.88. The lowest BCUT2D eigenvalue weighted by Gasteiger charge is -2.40. The molecule has 0 aromatic heterocycles. The van der Waals surface area contributed by atoms with Crippen LogP contribution in [-0.4, -0.2) is 11.7 Å². The van der Waals surface area contributed by atoms with Gasteiger partial charge in [-0.05, 0) is 87.1 Å². The number of hydrogen-bond acceptors (Lipinski definition) is 2. The zero-order chi connectivity index (χ0) is 19.6. The van der Waals surface area contributed by atoms with Crippen molar-refractivity contribution in [2.75, 3.05) is 9.80 Å². The Balaban J connectivity index is 1.75. The summed E-state index contributed by atoms with van der Waals surface area (Å²) >= 11 is 0. The summed E-state index contributed by atoms with van der Waals surface area (Å²) < 4.78 is 0. The fourth-order valence-electron chi connectivity index (χ4n) is 5.15. The Hall–Kier alpha value is -2.74. The number of hydrogen-bond donors (Lipinski definition) is 0. The average molecular weight is 369 g/mol. The summed E-state index contributed by atoms with van der Waals surface area (Å²) in [5.74, 6) is 0. The van der Waals surface area contributed by atoms with Gasteiger partial charge in [-0.1, -0.05) is 42.5 Å². The number of fused-ring (bicyclic) bond motifs is 4. The minimum atomic E-state index is 0.0469.